The van der Waals surface area contributed by atoms with Crippen molar-refractivity contribution in [3.8, 4) is 0 Å². The van der Waals surface area contributed by atoms with Crippen LogP contribution in [0.25, 0.3) is 0 Å². The van der Waals surface area contributed by atoms with E-state index in [2.05, 4.69) is 6.92 Å². The summed E-state index contributed by atoms with van der Waals surface area (Å²) in [5.74, 6) is 0.678. The number of ether oxygens (including phenoxy) is 1. The quantitative estimate of drug-likeness (QED) is 0.547. The van der Waals surface area contributed by atoms with Crippen molar-refractivity contribution in [1.29, 1.82) is 0 Å². The molecule has 0 spiro atoms. The van der Waals surface area contributed by atoms with Gasteiger partial charge < -0.3 is 4.74 Å². The average molecular weight is 142 g/mol. The third-order valence-electron chi connectivity index (χ3n) is 2.28. The first-order chi connectivity index (χ1) is 4.79. The molecule has 1 heterocycles. The summed E-state index contributed by atoms with van der Waals surface area (Å²) in [5.41, 5.74) is 0. The van der Waals surface area contributed by atoms with E-state index in [1.807, 2.05) is 6.92 Å². The Morgan fingerprint density at radius 2 is 2.20 bits per heavy atom. The predicted molar refractivity (Wildman–Crippen MR) is 38.5 cm³/mol. The van der Waals surface area contributed by atoms with E-state index in [9.17, 15) is 4.79 Å². The number of carbonyl (C=O) groups is 1. The Kier molecular flexibility index (Phi) is 2.30. The molecule has 0 saturated carbocycles. The predicted octanol–water partition coefficient (Wildman–Crippen LogP) is 1.60. The third kappa shape index (κ3) is 1.15. The minimum Gasteiger partial charge on any atom is -0.465 e. The van der Waals surface area contributed by atoms with Crippen molar-refractivity contribution in [2.75, 3.05) is 6.61 Å². The molecule has 0 unspecified atom stereocenters. The van der Waals surface area contributed by atoms with Gasteiger partial charge in [-0.25, -0.2) is 0 Å². The maximum atomic E-state index is 11.0. The fourth-order valence-corrected chi connectivity index (χ4v) is 1.51. The second-order valence-corrected chi connectivity index (χ2v) is 2.81. The van der Waals surface area contributed by atoms with Crippen LogP contribution in [0.2, 0.25) is 0 Å². The molecule has 1 aliphatic rings. The summed E-state index contributed by atoms with van der Waals surface area (Å²) in [5, 5.41) is 0. The molecule has 2 nitrogen and oxygen atoms in total. The lowest BCUT2D eigenvalue weighted by atomic mass is 9.91. The Balaban J connectivity index is 2.54. The van der Waals surface area contributed by atoms with E-state index in [1.165, 1.54) is 0 Å². The van der Waals surface area contributed by atoms with Gasteiger partial charge in [-0.15, -0.1) is 0 Å². The molecule has 0 N–H and O–H groups in total. The van der Waals surface area contributed by atoms with Crippen LogP contribution < -0.4 is 0 Å². The molecular formula is C8H14O2. The van der Waals surface area contributed by atoms with Crippen LogP contribution in [-0.4, -0.2) is 12.6 Å². The van der Waals surface area contributed by atoms with Crippen molar-refractivity contribution >= 4 is 5.97 Å². The lowest BCUT2D eigenvalue weighted by Crippen LogP contribution is -2.13. The van der Waals surface area contributed by atoms with Gasteiger partial charge in [-0.05, 0) is 12.8 Å². The number of hydrogen-bond acceptors (Lipinski definition) is 2. The monoisotopic (exact) mass is 142 g/mol. The maximum absolute atomic E-state index is 11.0. The molecular weight excluding hydrogens is 128 g/mol. The lowest BCUT2D eigenvalue weighted by Gasteiger charge is -2.08. The first kappa shape index (κ1) is 7.58. The molecule has 1 aliphatic heterocycles. The summed E-state index contributed by atoms with van der Waals surface area (Å²) in [6.07, 6.45) is 1.99. The van der Waals surface area contributed by atoms with E-state index in [0.29, 0.717) is 12.5 Å². The number of carbonyl (C=O) groups excluding carboxylic acids is 1. The highest BCUT2D eigenvalue weighted by Gasteiger charge is 2.33. The van der Waals surface area contributed by atoms with Crippen LogP contribution in [0.3, 0.4) is 0 Å². The van der Waals surface area contributed by atoms with Crippen LogP contribution >= 0.6 is 0 Å². The second-order valence-electron chi connectivity index (χ2n) is 2.81. The van der Waals surface area contributed by atoms with Crippen molar-refractivity contribution in [1.82, 2.24) is 0 Å². The van der Waals surface area contributed by atoms with Crippen molar-refractivity contribution in [3.63, 3.8) is 0 Å². The van der Waals surface area contributed by atoms with Crippen LogP contribution in [0.1, 0.15) is 26.7 Å². The first-order valence-electron chi connectivity index (χ1n) is 3.96. The summed E-state index contributed by atoms with van der Waals surface area (Å²) in [6.45, 7) is 4.79. The van der Waals surface area contributed by atoms with Gasteiger partial charge in [0.25, 0.3) is 0 Å². The fourth-order valence-electron chi connectivity index (χ4n) is 1.51. The smallest absolute Gasteiger partial charge is 0.309 e. The minimum atomic E-state index is 0.00866. The van der Waals surface area contributed by atoms with Gasteiger partial charge in [0.15, 0.2) is 0 Å². The number of esters is 1. The highest BCUT2D eigenvalue weighted by molar-refractivity contribution is 5.74. The van der Waals surface area contributed by atoms with Crippen molar-refractivity contribution in [3.05, 3.63) is 0 Å². The van der Waals surface area contributed by atoms with Crippen LogP contribution in [-0.2, 0) is 9.53 Å². The highest BCUT2D eigenvalue weighted by Crippen LogP contribution is 2.26. The van der Waals surface area contributed by atoms with E-state index in [1.54, 1.807) is 0 Å². The van der Waals surface area contributed by atoms with Gasteiger partial charge in [-0.2, -0.15) is 0 Å². The molecule has 0 aromatic rings. The summed E-state index contributed by atoms with van der Waals surface area (Å²) < 4.78 is 4.92. The van der Waals surface area contributed by atoms with Crippen molar-refractivity contribution in [2.45, 2.75) is 26.7 Å². The Morgan fingerprint density at radius 3 is 2.60 bits per heavy atom. The van der Waals surface area contributed by atoms with E-state index in [0.717, 1.165) is 12.8 Å². The normalized spacial score (nSPS) is 32.4. The molecule has 58 valence electrons. The van der Waals surface area contributed by atoms with Gasteiger partial charge in [0.1, 0.15) is 0 Å². The molecule has 2 atom stereocenters. The van der Waals surface area contributed by atoms with E-state index in [-0.39, 0.29) is 11.9 Å². The zero-order valence-electron chi connectivity index (χ0n) is 6.59. The molecule has 0 bridgehead atoms. The van der Waals surface area contributed by atoms with Crippen LogP contribution in [0.5, 0.6) is 0 Å². The number of cyclic esters (lactones) is 1. The van der Waals surface area contributed by atoms with Crippen molar-refractivity contribution < 1.29 is 9.53 Å². The summed E-state index contributed by atoms with van der Waals surface area (Å²) >= 11 is 0. The van der Waals surface area contributed by atoms with Gasteiger partial charge in [0.2, 0.25) is 0 Å². The van der Waals surface area contributed by atoms with E-state index in [4.69, 9.17) is 4.74 Å². The topological polar surface area (TPSA) is 26.3 Å². The minimum absolute atomic E-state index is 0.00866. The van der Waals surface area contributed by atoms with Gasteiger partial charge >= 0.3 is 5.97 Å². The van der Waals surface area contributed by atoms with Gasteiger partial charge in [0, 0.05) is 5.92 Å². The van der Waals surface area contributed by atoms with Crippen LogP contribution in [0.15, 0.2) is 0 Å². The zero-order valence-corrected chi connectivity index (χ0v) is 6.59. The third-order valence-corrected chi connectivity index (χ3v) is 2.28. The lowest BCUT2D eigenvalue weighted by molar-refractivity contribution is -0.141. The van der Waals surface area contributed by atoms with E-state index < -0.39 is 0 Å². The van der Waals surface area contributed by atoms with Gasteiger partial charge in [-0.1, -0.05) is 13.8 Å². The molecule has 0 aromatic carbocycles. The Hall–Kier alpha value is -0.530. The van der Waals surface area contributed by atoms with E-state index >= 15 is 0 Å². The van der Waals surface area contributed by atoms with Gasteiger partial charge in [-0.3, -0.25) is 4.79 Å². The van der Waals surface area contributed by atoms with Crippen LogP contribution in [0, 0.1) is 11.8 Å². The largest absolute Gasteiger partial charge is 0.465 e. The number of hydrogen-bond donors (Lipinski definition) is 0. The molecule has 0 amide bonds. The number of rotatable bonds is 2. The molecule has 1 rings (SSSR count). The fraction of sp³-hybridized carbons (Fsp3) is 0.875. The molecule has 0 radical (unpaired) electrons. The van der Waals surface area contributed by atoms with Gasteiger partial charge in [0.05, 0.1) is 12.5 Å². The Morgan fingerprint density at radius 1 is 1.50 bits per heavy atom. The van der Waals surface area contributed by atoms with Crippen molar-refractivity contribution in [2.24, 2.45) is 11.8 Å². The summed E-state index contributed by atoms with van der Waals surface area (Å²) in [4.78, 5) is 11.0. The maximum Gasteiger partial charge on any atom is 0.309 e. The highest BCUT2D eigenvalue weighted by atomic mass is 16.5. The molecule has 0 aromatic heterocycles. The first-order valence-corrected chi connectivity index (χ1v) is 3.96. The molecule has 2 heteroatoms. The second kappa shape index (κ2) is 3.04. The summed E-state index contributed by atoms with van der Waals surface area (Å²) in [6, 6.07) is 0. The standard InChI is InChI=1S/C8H14O2/c1-3-6-5-10-8(9)7(6)4-2/h6-7H,3-5H2,1-2H3/t6-,7+/m1/s1. The molecule has 10 heavy (non-hydrogen) atoms. The average Bonchev–Trinajstić information content (AvgIpc) is 2.30. The molecule has 0 aliphatic carbocycles. The molecule has 1 saturated heterocycles. The zero-order chi connectivity index (χ0) is 7.56. The Bertz CT molecular complexity index is 131. The Labute approximate surface area is 61.6 Å². The van der Waals surface area contributed by atoms with Crippen LogP contribution in [0.4, 0.5) is 0 Å². The summed E-state index contributed by atoms with van der Waals surface area (Å²) in [7, 11) is 0. The SMILES string of the molecule is CC[C@@H]1COC(=O)[C@H]1CC. The molecule has 1 fully saturated rings.